The quantitative estimate of drug-likeness (QED) is 0.265. The van der Waals surface area contributed by atoms with Crippen LogP contribution in [0.1, 0.15) is 5.56 Å². The lowest BCUT2D eigenvalue weighted by molar-refractivity contribution is -0.137. The van der Waals surface area contributed by atoms with Crippen molar-refractivity contribution in [1.82, 2.24) is 19.4 Å². The van der Waals surface area contributed by atoms with Crippen molar-refractivity contribution in [3.63, 3.8) is 0 Å². The summed E-state index contributed by atoms with van der Waals surface area (Å²) in [5.41, 5.74) is 2.21. The van der Waals surface area contributed by atoms with Crippen molar-refractivity contribution < 1.29 is 13.2 Å². The van der Waals surface area contributed by atoms with Gasteiger partial charge in [0, 0.05) is 29.2 Å². The number of imidazole rings is 1. The molecule has 33 heavy (non-hydrogen) atoms. The maximum Gasteiger partial charge on any atom is 0.416 e. The van der Waals surface area contributed by atoms with E-state index in [1.807, 2.05) is 30.3 Å². The van der Waals surface area contributed by atoms with Gasteiger partial charge in [0.05, 0.1) is 17.0 Å². The molecule has 0 spiro atoms. The first kappa shape index (κ1) is 21.1. The van der Waals surface area contributed by atoms with Gasteiger partial charge in [-0.15, -0.1) is 0 Å². The monoisotopic (exact) mass is 509 g/mol. The molecule has 3 aromatic heterocycles. The minimum absolute atomic E-state index is 0.343. The fourth-order valence-corrected chi connectivity index (χ4v) is 3.90. The van der Waals surface area contributed by atoms with Crippen LogP contribution in [0.5, 0.6) is 0 Å². The highest BCUT2D eigenvalue weighted by Crippen LogP contribution is 2.37. The van der Waals surface area contributed by atoms with Crippen molar-refractivity contribution in [3.05, 3.63) is 95.4 Å². The average molecular weight is 510 g/mol. The largest absolute Gasteiger partial charge is 0.416 e. The molecule has 0 saturated carbocycles. The molecule has 0 aliphatic rings. The molecule has 2 aromatic carbocycles. The molecule has 5 rings (SSSR count). The Balaban J connectivity index is 1.69. The molecule has 0 aliphatic carbocycles. The van der Waals surface area contributed by atoms with Crippen LogP contribution in [0.15, 0.2) is 89.8 Å². The van der Waals surface area contributed by atoms with Crippen LogP contribution in [-0.4, -0.2) is 19.4 Å². The predicted molar refractivity (Wildman–Crippen MR) is 124 cm³/mol. The third-order valence-corrected chi connectivity index (χ3v) is 5.44. The number of hydrogen-bond acceptors (Lipinski definition) is 4. The Bertz CT molecular complexity index is 1450. The first-order valence-electron chi connectivity index (χ1n) is 9.89. The Kier molecular flexibility index (Phi) is 5.33. The van der Waals surface area contributed by atoms with E-state index in [0.29, 0.717) is 33.2 Å². The Morgan fingerprint density at radius 2 is 1.67 bits per heavy atom. The smallest absolute Gasteiger partial charge is 0.340 e. The zero-order valence-electron chi connectivity index (χ0n) is 16.9. The van der Waals surface area contributed by atoms with Crippen LogP contribution in [0.3, 0.4) is 0 Å². The molecule has 0 saturated heterocycles. The van der Waals surface area contributed by atoms with Gasteiger partial charge in [-0.1, -0.05) is 30.3 Å². The van der Waals surface area contributed by atoms with Gasteiger partial charge in [-0.05, 0) is 58.4 Å². The van der Waals surface area contributed by atoms with E-state index in [1.165, 1.54) is 6.07 Å². The molecule has 0 radical (unpaired) electrons. The molecule has 0 atom stereocenters. The summed E-state index contributed by atoms with van der Waals surface area (Å²) in [7, 11) is 0. The van der Waals surface area contributed by atoms with Crippen LogP contribution in [-0.2, 0) is 6.18 Å². The Morgan fingerprint density at radius 1 is 0.848 bits per heavy atom. The summed E-state index contributed by atoms with van der Waals surface area (Å²) in [5.74, 6) is 0.919. The highest BCUT2D eigenvalue weighted by molar-refractivity contribution is 9.10. The molecule has 0 aliphatic heterocycles. The number of hydrogen-bond donors (Lipinski definition) is 1. The van der Waals surface area contributed by atoms with Gasteiger partial charge in [0.15, 0.2) is 0 Å². The van der Waals surface area contributed by atoms with Gasteiger partial charge in [-0.25, -0.2) is 9.97 Å². The number of alkyl halides is 3. The first-order chi connectivity index (χ1) is 15.9. The van der Waals surface area contributed by atoms with Crippen LogP contribution in [0, 0.1) is 0 Å². The van der Waals surface area contributed by atoms with Gasteiger partial charge in [0.25, 0.3) is 0 Å². The zero-order valence-corrected chi connectivity index (χ0v) is 18.5. The van der Waals surface area contributed by atoms with E-state index < -0.39 is 11.7 Å². The van der Waals surface area contributed by atoms with E-state index >= 15 is 0 Å². The van der Waals surface area contributed by atoms with Gasteiger partial charge < -0.3 is 5.32 Å². The van der Waals surface area contributed by atoms with Crippen LogP contribution >= 0.6 is 15.9 Å². The number of nitrogens with zero attached hydrogens (tertiary/aromatic N) is 4. The van der Waals surface area contributed by atoms with Crippen molar-refractivity contribution in [3.8, 4) is 22.5 Å². The normalized spacial score (nSPS) is 11.6. The number of aromatic nitrogens is 4. The maximum absolute atomic E-state index is 13.4. The second-order valence-electron chi connectivity index (χ2n) is 7.23. The molecule has 5 aromatic rings. The summed E-state index contributed by atoms with van der Waals surface area (Å²) < 4.78 is 42.4. The lowest BCUT2D eigenvalue weighted by atomic mass is 10.0. The summed E-state index contributed by atoms with van der Waals surface area (Å²) in [5, 5.41) is 3.21. The highest BCUT2D eigenvalue weighted by Gasteiger charge is 2.31. The standard InChI is InChI=1S/C24H15BrF3N5/c25-19-14-16(9-11-29-19)22-21(15-5-4-6-17(13-15)24(26,27)28)32-23-31-20(10-12-33(22)23)30-18-7-2-1-3-8-18/h1-14H,(H,30,31,32). The van der Waals surface area contributed by atoms with Crippen molar-refractivity contribution >= 4 is 33.2 Å². The molecule has 1 N–H and O–H groups in total. The summed E-state index contributed by atoms with van der Waals surface area (Å²) in [6.45, 7) is 0. The molecule has 0 fully saturated rings. The lowest BCUT2D eigenvalue weighted by Crippen LogP contribution is -2.04. The highest BCUT2D eigenvalue weighted by atomic mass is 79.9. The molecule has 0 bridgehead atoms. The van der Waals surface area contributed by atoms with E-state index in [1.54, 1.807) is 41.1 Å². The van der Waals surface area contributed by atoms with Crippen LogP contribution < -0.4 is 5.32 Å². The molecule has 0 amide bonds. The second-order valence-corrected chi connectivity index (χ2v) is 8.04. The summed E-state index contributed by atoms with van der Waals surface area (Å²) in [6.07, 6.45) is -1.05. The van der Waals surface area contributed by atoms with E-state index in [9.17, 15) is 13.2 Å². The molecular formula is C24H15BrF3N5. The number of fused-ring (bicyclic) bond motifs is 1. The minimum Gasteiger partial charge on any atom is -0.340 e. The molecule has 9 heteroatoms. The Hall–Kier alpha value is -3.72. The van der Waals surface area contributed by atoms with Gasteiger partial charge in [0.2, 0.25) is 5.78 Å². The van der Waals surface area contributed by atoms with Gasteiger partial charge in [0.1, 0.15) is 10.4 Å². The number of para-hydroxylation sites is 1. The van der Waals surface area contributed by atoms with Crippen LogP contribution in [0.25, 0.3) is 28.3 Å². The molecule has 0 unspecified atom stereocenters. The fourth-order valence-electron chi connectivity index (χ4n) is 3.54. The fraction of sp³-hybridized carbons (Fsp3) is 0.0417. The van der Waals surface area contributed by atoms with Crippen LogP contribution in [0.4, 0.5) is 24.7 Å². The van der Waals surface area contributed by atoms with Crippen molar-refractivity contribution in [2.75, 3.05) is 5.32 Å². The predicted octanol–water partition coefficient (Wildman–Crippen LogP) is 6.98. The first-order valence-corrected chi connectivity index (χ1v) is 10.7. The molecule has 3 heterocycles. The van der Waals surface area contributed by atoms with E-state index in [4.69, 9.17) is 0 Å². The van der Waals surface area contributed by atoms with E-state index in [0.717, 1.165) is 23.4 Å². The number of rotatable bonds is 4. The number of nitrogens with one attached hydrogen (secondary N) is 1. The Morgan fingerprint density at radius 3 is 2.42 bits per heavy atom. The van der Waals surface area contributed by atoms with Crippen molar-refractivity contribution in [2.24, 2.45) is 0 Å². The van der Waals surface area contributed by atoms with E-state index in [-0.39, 0.29) is 0 Å². The lowest BCUT2D eigenvalue weighted by Gasteiger charge is -2.10. The summed E-state index contributed by atoms with van der Waals surface area (Å²) >= 11 is 3.36. The molecule has 164 valence electrons. The number of pyridine rings is 1. The third kappa shape index (κ3) is 4.31. The topological polar surface area (TPSA) is 55.1 Å². The number of halogens is 4. The third-order valence-electron chi connectivity index (χ3n) is 5.00. The van der Waals surface area contributed by atoms with Crippen LogP contribution in [0.2, 0.25) is 0 Å². The zero-order chi connectivity index (χ0) is 23.0. The maximum atomic E-state index is 13.4. The number of anilines is 2. The summed E-state index contributed by atoms with van der Waals surface area (Å²) in [4.78, 5) is 13.4. The van der Waals surface area contributed by atoms with Crippen molar-refractivity contribution in [2.45, 2.75) is 6.18 Å². The summed E-state index contributed by atoms with van der Waals surface area (Å²) in [6, 6.07) is 20.0. The van der Waals surface area contributed by atoms with Crippen molar-refractivity contribution in [1.29, 1.82) is 0 Å². The van der Waals surface area contributed by atoms with Gasteiger partial charge in [-0.2, -0.15) is 18.2 Å². The van der Waals surface area contributed by atoms with Gasteiger partial charge >= 0.3 is 6.18 Å². The average Bonchev–Trinajstić information content (AvgIpc) is 3.18. The number of benzene rings is 2. The molecule has 5 nitrogen and oxygen atoms in total. The SMILES string of the molecule is FC(F)(F)c1cccc(-c2nc3nc(Nc4ccccc4)ccn3c2-c2ccnc(Br)c2)c1. The Labute approximate surface area is 195 Å². The second kappa shape index (κ2) is 8.32. The molecular weight excluding hydrogens is 495 g/mol. The van der Waals surface area contributed by atoms with Gasteiger partial charge in [-0.3, -0.25) is 4.40 Å². The van der Waals surface area contributed by atoms with E-state index in [2.05, 4.69) is 36.2 Å². The minimum atomic E-state index is -4.46.